The Kier molecular flexibility index (Phi) is 4.14. The molecule has 0 saturated heterocycles. The molecule has 2 rings (SSSR count). The van der Waals surface area contributed by atoms with Gasteiger partial charge in [-0.15, -0.1) is 0 Å². The van der Waals surface area contributed by atoms with Crippen LogP contribution in [0.1, 0.15) is 32.4 Å². The van der Waals surface area contributed by atoms with E-state index in [1.54, 1.807) is 0 Å². The third kappa shape index (κ3) is 3.73. The molecule has 0 saturated carbocycles. The molecule has 1 heterocycles. The molecule has 19 heavy (non-hydrogen) atoms. The summed E-state index contributed by atoms with van der Waals surface area (Å²) in [5, 5.41) is 1.11. The van der Waals surface area contributed by atoms with Gasteiger partial charge in [0.25, 0.3) is 0 Å². The fourth-order valence-corrected chi connectivity index (χ4v) is 1.85. The molecule has 0 amide bonds. The van der Waals surface area contributed by atoms with Crippen molar-refractivity contribution in [3.63, 3.8) is 0 Å². The quantitative estimate of drug-likeness (QED) is 0.654. The first-order chi connectivity index (χ1) is 8.99. The summed E-state index contributed by atoms with van der Waals surface area (Å²) in [7, 11) is 0. The van der Waals surface area contributed by atoms with Crippen molar-refractivity contribution in [2.45, 2.75) is 32.4 Å². The molecule has 2 aromatic rings. The van der Waals surface area contributed by atoms with Crippen molar-refractivity contribution in [1.29, 1.82) is 0 Å². The number of hydrogen-bond donors (Lipinski definition) is 2. The fraction of sp³-hybridized carbons (Fsp3) is 0.400. The molecule has 0 radical (unpaired) electrons. The summed E-state index contributed by atoms with van der Waals surface area (Å²) in [5.41, 5.74) is 4.63. The first-order valence-corrected chi connectivity index (χ1v) is 6.44. The number of para-hydroxylation sites is 1. The monoisotopic (exact) mass is 259 g/mol. The molecule has 0 fully saturated rings. The molecule has 1 aromatic heterocycles. The lowest BCUT2D eigenvalue weighted by molar-refractivity contribution is -0.0148. The lowest BCUT2D eigenvalue weighted by Crippen LogP contribution is -2.34. The third-order valence-corrected chi connectivity index (χ3v) is 2.90. The average molecular weight is 259 g/mol. The minimum Gasteiger partial charge on any atom is -0.374 e. The Labute approximate surface area is 113 Å². The van der Waals surface area contributed by atoms with Crippen LogP contribution in [-0.4, -0.2) is 17.2 Å². The van der Waals surface area contributed by atoms with E-state index in [1.807, 2.05) is 51.2 Å². The summed E-state index contributed by atoms with van der Waals surface area (Å²) in [6, 6.07) is 10.1. The van der Waals surface area contributed by atoms with Crippen LogP contribution in [0.15, 0.2) is 36.5 Å². The largest absolute Gasteiger partial charge is 0.374 e. The molecule has 1 unspecified atom stereocenters. The van der Waals surface area contributed by atoms with Crippen molar-refractivity contribution in [2.75, 3.05) is 6.61 Å². The number of rotatable bonds is 4. The van der Waals surface area contributed by atoms with Crippen LogP contribution in [-0.2, 0) is 4.74 Å². The Bertz CT molecular complexity index is 548. The van der Waals surface area contributed by atoms with Gasteiger partial charge < -0.3 is 4.74 Å². The molecule has 0 aliphatic heterocycles. The normalized spacial score (nSPS) is 13.7. The molecule has 4 nitrogen and oxygen atoms in total. The standard InChI is InChI=1S/C15H21N3O/c1-15(2,3)19-10-14(18-16)12-8-11-6-4-5-7-13(11)17-9-12/h4-9,14,18H,10,16H2,1-3H3. The smallest absolute Gasteiger partial charge is 0.0709 e. The molecule has 0 bridgehead atoms. The van der Waals surface area contributed by atoms with E-state index in [-0.39, 0.29) is 11.6 Å². The number of nitrogens with two attached hydrogens (primary N) is 1. The molecule has 0 spiro atoms. The van der Waals surface area contributed by atoms with Gasteiger partial charge >= 0.3 is 0 Å². The Morgan fingerprint density at radius 2 is 2.05 bits per heavy atom. The Morgan fingerprint density at radius 1 is 1.32 bits per heavy atom. The van der Waals surface area contributed by atoms with E-state index in [0.717, 1.165) is 16.5 Å². The summed E-state index contributed by atoms with van der Waals surface area (Å²) in [4.78, 5) is 4.44. The Morgan fingerprint density at radius 3 is 2.74 bits per heavy atom. The third-order valence-electron chi connectivity index (χ3n) is 2.90. The number of nitrogens with zero attached hydrogens (tertiary/aromatic N) is 1. The van der Waals surface area contributed by atoms with Gasteiger partial charge in [0, 0.05) is 11.6 Å². The second kappa shape index (κ2) is 5.65. The molecular formula is C15H21N3O. The number of fused-ring (bicyclic) bond motifs is 1. The highest BCUT2D eigenvalue weighted by atomic mass is 16.5. The summed E-state index contributed by atoms with van der Waals surface area (Å²) in [5.74, 6) is 5.62. The van der Waals surface area contributed by atoms with E-state index in [0.29, 0.717) is 6.61 Å². The Balaban J connectivity index is 2.20. The molecule has 4 heteroatoms. The number of aromatic nitrogens is 1. The summed E-state index contributed by atoms with van der Waals surface area (Å²) in [6.07, 6.45) is 1.85. The zero-order chi connectivity index (χ0) is 13.9. The number of pyridine rings is 1. The van der Waals surface area contributed by atoms with Gasteiger partial charge in [0.15, 0.2) is 0 Å². The van der Waals surface area contributed by atoms with Crippen LogP contribution in [0.2, 0.25) is 0 Å². The van der Waals surface area contributed by atoms with E-state index in [9.17, 15) is 0 Å². The number of hydrogen-bond acceptors (Lipinski definition) is 4. The molecule has 1 atom stereocenters. The van der Waals surface area contributed by atoms with Crippen LogP contribution in [0.5, 0.6) is 0 Å². The van der Waals surface area contributed by atoms with Gasteiger partial charge in [0.1, 0.15) is 0 Å². The number of benzene rings is 1. The predicted octanol–water partition coefficient (Wildman–Crippen LogP) is 2.55. The van der Waals surface area contributed by atoms with E-state index >= 15 is 0 Å². The number of hydrazine groups is 1. The van der Waals surface area contributed by atoms with Gasteiger partial charge in [0.2, 0.25) is 0 Å². The maximum atomic E-state index is 5.78. The SMILES string of the molecule is CC(C)(C)OCC(NN)c1cnc2ccccc2c1. The van der Waals surface area contributed by atoms with Gasteiger partial charge in [-0.05, 0) is 38.5 Å². The lowest BCUT2D eigenvalue weighted by Gasteiger charge is -2.24. The first-order valence-electron chi connectivity index (χ1n) is 6.44. The molecule has 3 N–H and O–H groups in total. The van der Waals surface area contributed by atoms with Gasteiger partial charge in [0.05, 0.1) is 23.8 Å². The van der Waals surface area contributed by atoms with Crippen molar-refractivity contribution in [1.82, 2.24) is 10.4 Å². The lowest BCUT2D eigenvalue weighted by atomic mass is 10.1. The first kappa shape index (κ1) is 13.9. The van der Waals surface area contributed by atoms with Gasteiger partial charge in [-0.25, -0.2) is 0 Å². The fourth-order valence-electron chi connectivity index (χ4n) is 1.85. The maximum absolute atomic E-state index is 5.78. The molecule has 1 aromatic carbocycles. The molecular weight excluding hydrogens is 238 g/mol. The van der Waals surface area contributed by atoms with Crippen LogP contribution in [0, 0.1) is 0 Å². The van der Waals surface area contributed by atoms with Crippen molar-refractivity contribution in [3.05, 3.63) is 42.1 Å². The van der Waals surface area contributed by atoms with Crippen LogP contribution >= 0.6 is 0 Å². The molecule has 102 valence electrons. The molecule has 0 aliphatic carbocycles. The highest BCUT2D eigenvalue weighted by Gasteiger charge is 2.16. The van der Waals surface area contributed by atoms with Crippen molar-refractivity contribution >= 4 is 10.9 Å². The minimum absolute atomic E-state index is 0.0590. The minimum atomic E-state index is -0.181. The highest BCUT2D eigenvalue weighted by molar-refractivity contribution is 5.78. The summed E-state index contributed by atoms with van der Waals surface area (Å²) >= 11 is 0. The van der Waals surface area contributed by atoms with Crippen LogP contribution in [0.25, 0.3) is 10.9 Å². The van der Waals surface area contributed by atoms with Gasteiger partial charge in [-0.3, -0.25) is 16.3 Å². The number of ether oxygens (including phenoxy) is 1. The van der Waals surface area contributed by atoms with Crippen LogP contribution in [0.4, 0.5) is 0 Å². The average Bonchev–Trinajstić information content (AvgIpc) is 2.38. The second-order valence-corrected chi connectivity index (χ2v) is 5.60. The van der Waals surface area contributed by atoms with Crippen molar-refractivity contribution < 1.29 is 4.74 Å². The Hall–Kier alpha value is -1.49. The van der Waals surface area contributed by atoms with E-state index in [2.05, 4.69) is 16.5 Å². The molecule has 0 aliphatic rings. The van der Waals surface area contributed by atoms with E-state index < -0.39 is 0 Å². The van der Waals surface area contributed by atoms with Crippen molar-refractivity contribution in [2.24, 2.45) is 5.84 Å². The topological polar surface area (TPSA) is 60.2 Å². The van der Waals surface area contributed by atoms with E-state index in [1.165, 1.54) is 0 Å². The van der Waals surface area contributed by atoms with Gasteiger partial charge in [-0.2, -0.15) is 0 Å². The van der Waals surface area contributed by atoms with Crippen LogP contribution < -0.4 is 11.3 Å². The zero-order valence-electron chi connectivity index (χ0n) is 11.7. The maximum Gasteiger partial charge on any atom is 0.0709 e. The van der Waals surface area contributed by atoms with Gasteiger partial charge in [-0.1, -0.05) is 18.2 Å². The highest BCUT2D eigenvalue weighted by Crippen LogP contribution is 2.19. The zero-order valence-corrected chi connectivity index (χ0v) is 11.7. The summed E-state index contributed by atoms with van der Waals surface area (Å²) < 4.78 is 5.78. The number of nitrogens with one attached hydrogen (secondary N) is 1. The summed E-state index contributed by atoms with van der Waals surface area (Å²) in [6.45, 7) is 6.59. The van der Waals surface area contributed by atoms with E-state index in [4.69, 9.17) is 10.6 Å². The second-order valence-electron chi connectivity index (χ2n) is 5.60. The van der Waals surface area contributed by atoms with Crippen LogP contribution in [0.3, 0.4) is 0 Å². The van der Waals surface area contributed by atoms with Crippen molar-refractivity contribution in [3.8, 4) is 0 Å². The predicted molar refractivity (Wildman–Crippen MR) is 77.5 cm³/mol.